The summed E-state index contributed by atoms with van der Waals surface area (Å²) < 4.78 is 25.4. The summed E-state index contributed by atoms with van der Waals surface area (Å²) in [6.07, 6.45) is 3.55. The number of sulfonamides is 1. The Morgan fingerprint density at radius 1 is 1.33 bits per heavy atom. The molecule has 1 aromatic rings. The highest BCUT2D eigenvalue weighted by atomic mass is 32.2. The number of anilines is 2. The number of hydrogen-bond acceptors (Lipinski definition) is 5. The van der Waals surface area contributed by atoms with Crippen LogP contribution in [0.1, 0.15) is 25.7 Å². The van der Waals surface area contributed by atoms with Crippen LogP contribution >= 0.6 is 0 Å². The van der Waals surface area contributed by atoms with Crippen LogP contribution in [0.4, 0.5) is 11.4 Å². The van der Waals surface area contributed by atoms with Crippen molar-refractivity contribution in [3.8, 4) is 0 Å². The van der Waals surface area contributed by atoms with Crippen molar-refractivity contribution in [2.75, 3.05) is 31.7 Å². The zero-order valence-corrected chi connectivity index (χ0v) is 13.3. The van der Waals surface area contributed by atoms with Gasteiger partial charge in [0.2, 0.25) is 10.0 Å². The normalized spacial score (nSPS) is 18.1. The lowest BCUT2D eigenvalue weighted by atomic mass is 10.0. The van der Waals surface area contributed by atoms with E-state index in [0.717, 1.165) is 30.0 Å². The molecule has 2 rings (SSSR count). The molecule has 0 heterocycles. The average molecular weight is 313 g/mol. The van der Waals surface area contributed by atoms with E-state index in [2.05, 4.69) is 5.32 Å². The van der Waals surface area contributed by atoms with E-state index in [9.17, 15) is 13.5 Å². The van der Waals surface area contributed by atoms with Gasteiger partial charge in [0, 0.05) is 20.6 Å². The summed E-state index contributed by atoms with van der Waals surface area (Å²) in [5, 5.41) is 13.4. The average Bonchev–Trinajstić information content (AvgIpc) is 2.85. The molecule has 1 fully saturated rings. The maximum Gasteiger partial charge on any atom is 0.242 e. The van der Waals surface area contributed by atoms with Crippen molar-refractivity contribution in [3.05, 3.63) is 18.2 Å². The molecule has 0 spiro atoms. The summed E-state index contributed by atoms with van der Waals surface area (Å²) in [5.41, 5.74) is 6.17. The maximum atomic E-state index is 12.1. The first-order valence-corrected chi connectivity index (χ1v) is 8.47. The van der Waals surface area contributed by atoms with Crippen LogP contribution in [0, 0.1) is 0 Å². The van der Waals surface area contributed by atoms with Crippen molar-refractivity contribution in [1.29, 1.82) is 0 Å². The monoisotopic (exact) mass is 313 g/mol. The lowest BCUT2D eigenvalue weighted by Crippen LogP contribution is -2.33. The molecule has 0 radical (unpaired) electrons. The fourth-order valence-electron chi connectivity index (χ4n) is 2.53. The molecule has 1 aromatic carbocycles. The van der Waals surface area contributed by atoms with Crippen molar-refractivity contribution in [3.63, 3.8) is 0 Å². The van der Waals surface area contributed by atoms with Gasteiger partial charge < -0.3 is 16.2 Å². The molecule has 6 nitrogen and oxygen atoms in total. The Kier molecular flexibility index (Phi) is 4.46. The second-order valence-electron chi connectivity index (χ2n) is 5.82. The van der Waals surface area contributed by atoms with Crippen LogP contribution in [0.15, 0.2) is 23.1 Å². The molecule has 0 amide bonds. The largest absolute Gasteiger partial charge is 0.397 e. The highest BCUT2D eigenvalue weighted by Crippen LogP contribution is 2.31. The van der Waals surface area contributed by atoms with Crippen LogP contribution in [0.5, 0.6) is 0 Å². The molecule has 7 heteroatoms. The van der Waals surface area contributed by atoms with Gasteiger partial charge in [-0.25, -0.2) is 12.7 Å². The Labute approximate surface area is 126 Å². The minimum Gasteiger partial charge on any atom is -0.397 e. The van der Waals surface area contributed by atoms with Crippen molar-refractivity contribution in [2.24, 2.45) is 0 Å². The predicted molar refractivity (Wildman–Crippen MR) is 83.6 cm³/mol. The molecule has 0 unspecified atom stereocenters. The predicted octanol–water partition coefficient (Wildman–Crippen LogP) is 1.24. The van der Waals surface area contributed by atoms with Gasteiger partial charge in [-0.1, -0.05) is 12.8 Å². The van der Waals surface area contributed by atoms with E-state index >= 15 is 0 Å². The van der Waals surface area contributed by atoms with Crippen LogP contribution in [0.2, 0.25) is 0 Å². The van der Waals surface area contributed by atoms with Crippen LogP contribution in [0.25, 0.3) is 0 Å². The lowest BCUT2D eigenvalue weighted by molar-refractivity contribution is 0.0615. The molecular weight excluding hydrogens is 290 g/mol. The quantitative estimate of drug-likeness (QED) is 0.711. The van der Waals surface area contributed by atoms with E-state index in [0.29, 0.717) is 17.9 Å². The van der Waals surface area contributed by atoms with Crippen LogP contribution in [0.3, 0.4) is 0 Å². The van der Waals surface area contributed by atoms with E-state index in [1.54, 1.807) is 6.07 Å². The Balaban J connectivity index is 2.20. The van der Waals surface area contributed by atoms with Gasteiger partial charge in [-0.2, -0.15) is 0 Å². The number of nitrogen functional groups attached to an aromatic ring is 1. The third kappa shape index (κ3) is 3.48. The van der Waals surface area contributed by atoms with Gasteiger partial charge in [-0.05, 0) is 31.0 Å². The summed E-state index contributed by atoms with van der Waals surface area (Å²) in [6, 6.07) is 4.57. The highest BCUT2D eigenvalue weighted by molar-refractivity contribution is 7.89. The summed E-state index contributed by atoms with van der Waals surface area (Å²) in [5.74, 6) is 0. The zero-order chi connectivity index (χ0) is 15.7. The zero-order valence-electron chi connectivity index (χ0n) is 12.5. The number of nitrogens with zero attached hydrogens (tertiary/aromatic N) is 1. The summed E-state index contributed by atoms with van der Waals surface area (Å²) >= 11 is 0. The van der Waals surface area contributed by atoms with E-state index < -0.39 is 15.6 Å². The second-order valence-corrected chi connectivity index (χ2v) is 7.97. The van der Waals surface area contributed by atoms with E-state index in [1.165, 1.54) is 26.2 Å². The molecule has 0 saturated heterocycles. The van der Waals surface area contributed by atoms with Crippen molar-refractivity contribution < 1.29 is 13.5 Å². The molecule has 1 aliphatic carbocycles. The van der Waals surface area contributed by atoms with Crippen LogP contribution in [-0.2, 0) is 10.0 Å². The third-order valence-electron chi connectivity index (χ3n) is 3.95. The number of nitrogens with one attached hydrogen (secondary N) is 1. The Morgan fingerprint density at radius 3 is 2.52 bits per heavy atom. The van der Waals surface area contributed by atoms with Gasteiger partial charge in [-0.3, -0.25) is 0 Å². The van der Waals surface area contributed by atoms with Gasteiger partial charge in [0.05, 0.1) is 21.9 Å². The molecule has 0 aromatic heterocycles. The van der Waals surface area contributed by atoms with E-state index in [1.807, 2.05) is 0 Å². The van der Waals surface area contributed by atoms with Gasteiger partial charge in [-0.15, -0.1) is 0 Å². The smallest absolute Gasteiger partial charge is 0.242 e. The summed E-state index contributed by atoms with van der Waals surface area (Å²) in [4.78, 5) is 0.183. The Hall–Kier alpha value is -1.31. The maximum absolute atomic E-state index is 12.1. The molecule has 4 N–H and O–H groups in total. The summed E-state index contributed by atoms with van der Waals surface area (Å²) in [6.45, 7) is 0.378. The highest BCUT2D eigenvalue weighted by Gasteiger charge is 2.31. The van der Waals surface area contributed by atoms with E-state index in [-0.39, 0.29) is 4.90 Å². The lowest BCUT2D eigenvalue weighted by Gasteiger charge is -2.24. The van der Waals surface area contributed by atoms with Crippen LogP contribution < -0.4 is 11.1 Å². The molecule has 0 atom stereocenters. The molecule has 0 aliphatic heterocycles. The molecular formula is C14H23N3O3S. The fraction of sp³-hybridized carbons (Fsp3) is 0.571. The second kappa shape index (κ2) is 5.82. The topological polar surface area (TPSA) is 95.7 Å². The minimum absolute atomic E-state index is 0.183. The molecule has 0 bridgehead atoms. The number of hydrogen-bond donors (Lipinski definition) is 3. The molecule has 21 heavy (non-hydrogen) atoms. The third-order valence-corrected chi connectivity index (χ3v) is 5.76. The van der Waals surface area contributed by atoms with Gasteiger partial charge in [0.1, 0.15) is 0 Å². The number of benzene rings is 1. The number of rotatable bonds is 5. The summed E-state index contributed by atoms with van der Waals surface area (Å²) in [7, 11) is -0.521. The standard InChI is InChI=1S/C14H23N3O3S/c1-17(2)21(19,20)11-5-6-12(15)13(9-11)16-10-14(18)7-3-4-8-14/h5-6,9,16,18H,3-4,7-8,10,15H2,1-2H3. The van der Waals surface area contributed by atoms with Crippen molar-refractivity contribution in [1.82, 2.24) is 4.31 Å². The minimum atomic E-state index is -3.49. The molecule has 1 aliphatic rings. The van der Waals surface area contributed by atoms with Gasteiger partial charge in [0.25, 0.3) is 0 Å². The fourth-order valence-corrected chi connectivity index (χ4v) is 3.46. The Morgan fingerprint density at radius 2 is 1.95 bits per heavy atom. The SMILES string of the molecule is CN(C)S(=O)(=O)c1ccc(N)c(NCC2(O)CCCC2)c1. The first-order chi connectivity index (χ1) is 9.74. The van der Waals surface area contributed by atoms with Crippen molar-refractivity contribution >= 4 is 21.4 Å². The van der Waals surface area contributed by atoms with Gasteiger partial charge >= 0.3 is 0 Å². The number of nitrogens with two attached hydrogens (primary N) is 1. The van der Waals surface area contributed by atoms with Crippen molar-refractivity contribution in [2.45, 2.75) is 36.2 Å². The van der Waals surface area contributed by atoms with Gasteiger partial charge in [0.15, 0.2) is 0 Å². The van der Waals surface area contributed by atoms with E-state index in [4.69, 9.17) is 5.73 Å². The molecule has 1 saturated carbocycles. The number of aliphatic hydroxyl groups is 1. The first-order valence-electron chi connectivity index (χ1n) is 7.03. The Bertz CT molecular complexity index is 608. The molecule has 118 valence electrons. The first kappa shape index (κ1) is 16.1. The van der Waals surface area contributed by atoms with Crippen LogP contribution in [-0.4, -0.2) is 44.1 Å².